The van der Waals surface area contributed by atoms with Crippen molar-refractivity contribution in [3.8, 4) is 5.75 Å². The van der Waals surface area contributed by atoms with Gasteiger partial charge in [-0.1, -0.05) is 13.0 Å². The van der Waals surface area contributed by atoms with Crippen LogP contribution in [-0.4, -0.2) is 18.7 Å². The zero-order chi connectivity index (χ0) is 18.2. The number of carbonyl (C=O) groups is 1. The summed E-state index contributed by atoms with van der Waals surface area (Å²) in [7, 11) is 1.75. The van der Waals surface area contributed by atoms with Gasteiger partial charge in [0.1, 0.15) is 11.4 Å². The normalized spacial score (nSPS) is 42.6. The number of methoxy groups -OCH3 is 1. The maximum atomic E-state index is 11.9. The van der Waals surface area contributed by atoms with Crippen LogP contribution in [0.15, 0.2) is 18.2 Å². The summed E-state index contributed by atoms with van der Waals surface area (Å²) >= 11 is 0. The molecule has 4 aliphatic carbocycles. The third kappa shape index (κ3) is 1.82. The van der Waals surface area contributed by atoms with Crippen LogP contribution in [0.25, 0.3) is 0 Å². The lowest BCUT2D eigenvalue weighted by molar-refractivity contribution is -0.174. The summed E-state index contributed by atoms with van der Waals surface area (Å²) in [6.45, 7) is 4.04. The van der Waals surface area contributed by atoms with E-state index in [0.717, 1.165) is 30.9 Å². The average molecular weight is 354 g/mol. The van der Waals surface area contributed by atoms with E-state index < -0.39 is 0 Å². The highest BCUT2D eigenvalue weighted by Gasteiger charge is 2.75. The van der Waals surface area contributed by atoms with Crippen LogP contribution in [0.3, 0.4) is 0 Å². The summed E-state index contributed by atoms with van der Waals surface area (Å²) < 4.78 is 11.5. The van der Waals surface area contributed by atoms with Gasteiger partial charge in [0.15, 0.2) is 0 Å². The molecule has 0 radical (unpaired) electrons. The first kappa shape index (κ1) is 16.6. The Morgan fingerprint density at radius 2 is 1.88 bits per heavy atom. The van der Waals surface area contributed by atoms with E-state index in [1.54, 1.807) is 19.6 Å². The molecular weight excluding hydrogens is 324 g/mol. The summed E-state index contributed by atoms with van der Waals surface area (Å²) in [6, 6.07) is 6.72. The Morgan fingerprint density at radius 3 is 2.58 bits per heavy atom. The maximum absolute atomic E-state index is 11.9. The van der Waals surface area contributed by atoms with Gasteiger partial charge in [-0.3, -0.25) is 4.79 Å². The SMILES string of the molecule is COc1ccc2c(c1)CC[C@@H]1[C@@H]2CC[C@]2(C)C3(OC(C)=O)CCC12CC3. The topological polar surface area (TPSA) is 35.5 Å². The second-order valence-corrected chi connectivity index (χ2v) is 9.43. The molecule has 3 atom stereocenters. The molecule has 1 aromatic carbocycles. The minimum Gasteiger partial charge on any atom is -0.497 e. The van der Waals surface area contributed by atoms with Gasteiger partial charge in [0.05, 0.1) is 7.11 Å². The molecule has 0 aliphatic heterocycles. The quantitative estimate of drug-likeness (QED) is 0.700. The van der Waals surface area contributed by atoms with Crippen molar-refractivity contribution in [2.75, 3.05) is 7.11 Å². The lowest BCUT2D eigenvalue weighted by atomic mass is 9.48. The molecule has 0 heterocycles. The van der Waals surface area contributed by atoms with E-state index in [1.165, 1.54) is 37.7 Å². The van der Waals surface area contributed by atoms with Gasteiger partial charge in [-0.2, -0.15) is 0 Å². The van der Waals surface area contributed by atoms with E-state index in [-0.39, 0.29) is 17.0 Å². The van der Waals surface area contributed by atoms with Crippen LogP contribution < -0.4 is 4.74 Å². The van der Waals surface area contributed by atoms with Crippen molar-refractivity contribution in [1.82, 2.24) is 0 Å². The van der Waals surface area contributed by atoms with E-state index in [4.69, 9.17) is 9.47 Å². The molecule has 3 heteroatoms. The summed E-state index contributed by atoms with van der Waals surface area (Å²) in [5.41, 5.74) is 3.40. The summed E-state index contributed by atoms with van der Waals surface area (Å²) in [4.78, 5) is 11.9. The number of carbonyl (C=O) groups excluding carboxylic acids is 1. The molecule has 3 fully saturated rings. The van der Waals surface area contributed by atoms with Crippen LogP contribution in [0.4, 0.5) is 0 Å². The largest absolute Gasteiger partial charge is 0.497 e. The molecule has 0 aromatic heterocycles. The first-order chi connectivity index (χ1) is 12.4. The third-order valence-corrected chi connectivity index (χ3v) is 9.02. The van der Waals surface area contributed by atoms with Crippen LogP contribution in [0, 0.1) is 16.7 Å². The Bertz CT molecular complexity index is 759. The smallest absolute Gasteiger partial charge is 0.303 e. The van der Waals surface area contributed by atoms with Crippen LogP contribution in [0.2, 0.25) is 0 Å². The molecule has 1 aromatic rings. The molecule has 3 nitrogen and oxygen atoms in total. The van der Waals surface area contributed by atoms with Gasteiger partial charge in [0.25, 0.3) is 0 Å². The molecule has 0 amide bonds. The predicted octanol–water partition coefficient (Wildman–Crippen LogP) is 5.02. The molecule has 0 spiro atoms. The Labute approximate surface area is 156 Å². The van der Waals surface area contributed by atoms with Crippen molar-refractivity contribution in [1.29, 1.82) is 0 Å². The predicted molar refractivity (Wildman–Crippen MR) is 100 cm³/mol. The molecule has 3 saturated carbocycles. The zero-order valence-electron chi connectivity index (χ0n) is 16.3. The standard InChI is InChI=1S/C23H30O3/c1-15(24)26-23-12-10-22(11-13-23)20-7-4-16-14-17(25-3)5-6-18(16)19(20)8-9-21(22,23)2/h5-6,14,19-20H,4,7-13H2,1-3H3/t19-,20-,21+,22?,23?/m1/s1. The van der Waals surface area contributed by atoms with Crippen molar-refractivity contribution in [2.45, 2.75) is 76.7 Å². The second-order valence-electron chi connectivity index (χ2n) is 9.43. The number of fused-ring (bicyclic) bond motifs is 3. The lowest BCUT2D eigenvalue weighted by Crippen LogP contribution is -2.53. The van der Waals surface area contributed by atoms with Crippen molar-refractivity contribution in [3.63, 3.8) is 0 Å². The van der Waals surface area contributed by atoms with Gasteiger partial charge in [0.2, 0.25) is 0 Å². The van der Waals surface area contributed by atoms with E-state index in [9.17, 15) is 4.79 Å². The van der Waals surface area contributed by atoms with Crippen molar-refractivity contribution < 1.29 is 14.3 Å². The van der Waals surface area contributed by atoms with Crippen LogP contribution >= 0.6 is 0 Å². The fraction of sp³-hybridized carbons (Fsp3) is 0.696. The number of rotatable bonds is 2. The van der Waals surface area contributed by atoms with Gasteiger partial charge in [-0.25, -0.2) is 0 Å². The van der Waals surface area contributed by atoms with Crippen molar-refractivity contribution >= 4 is 5.97 Å². The summed E-state index contributed by atoms with van der Waals surface area (Å²) in [6.07, 6.45) is 9.47. The number of hydrogen-bond acceptors (Lipinski definition) is 3. The Hall–Kier alpha value is -1.51. The lowest BCUT2D eigenvalue weighted by Gasteiger charge is -2.57. The van der Waals surface area contributed by atoms with Gasteiger partial charge < -0.3 is 9.47 Å². The Balaban J connectivity index is 1.54. The second kappa shape index (κ2) is 5.27. The maximum Gasteiger partial charge on any atom is 0.303 e. The van der Waals surface area contributed by atoms with Crippen molar-refractivity contribution in [2.24, 2.45) is 16.7 Å². The molecule has 0 unspecified atom stereocenters. The number of esters is 1. The van der Waals surface area contributed by atoms with Gasteiger partial charge >= 0.3 is 5.97 Å². The molecule has 140 valence electrons. The number of ether oxygens (including phenoxy) is 2. The fourth-order valence-corrected chi connectivity index (χ4v) is 7.88. The highest BCUT2D eigenvalue weighted by atomic mass is 16.6. The number of hydrogen-bond donors (Lipinski definition) is 0. The average Bonchev–Trinajstić information content (AvgIpc) is 3.03. The molecule has 26 heavy (non-hydrogen) atoms. The van der Waals surface area contributed by atoms with Crippen LogP contribution in [-0.2, 0) is 16.0 Å². The molecular formula is C23H30O3. The molecule has 4 aliphatic rings. The zero-order valence-corrected chi connectivity index (χ0v) is 16.3. The van der Waals surface area contributed by atoms with Gasteiger partial charge in [0, 0.05) is 12.3 Å². The summed E-state index contributed by atoms with van der Waals surface area (Å²) in [5.74, 6) is 2.30. The van der Waals surface area contributed by atoms with E-state index in [0.29, 0.717) is 11.3 Å². The molecule has 5 rings (SSSR count). The van der Waals surface area contributed by atoms with E-state index in [2.05, 4.69) is 25.1 Å². The van der Waals surface area contributed by atoms with Gasteiger partial charge in [-0.15, -0.1) is 0 Å². The van der Waals surface area contributed by atoms with Crippen LogP contribution in [0.5, 0.6) is 5.75 Å². The van der Waals surface area contributed by atoms with Crippen molar-refractivity contribution in [3.05, 3.63) is 29.3 Å². The molecule has 2 bridgehead atoms. The molecule has 0 saturated heterocycles. The number of benzene rings is 1. The minimum absolute atomic E-state index is 0.0906. The highest BCUT2D eigenvalue weighted by Crippen LogP contribution is 2.78. The Morgan fingerprint density at radius 1 is 1.12 bits per heavy atom. The fourth-order valence-electron chi connectivity index (χ4n) is 7.88. The monoisotopic (exact) mass is 354 g/mol. The first-order valence-electron chi connectivity index (χ1n) is 10.3. The Kier molecular flexibility index (Phi) is 3.37. The van der Waals surface area contributed by atoms with Crippen LogP contribution in [0.1, 0.15) is 75.8 Å². The van der Waals surface area contributed by atoms with Gasteiger partial charge in [-0.05, 0) is 91.9 Å². The third-order valence-electron chi connectivity index (χ3n) is 9.02. The van der Waals surface area contributed by atoms with E-state index in [1.807, 2.05) is 0 Å². The summed E-state index contributed by atoms with van der Waals surface area (Å²) in [5, 5.41) is 0. The number of aryl methyl sites for hydroxylation is 1. The molecule has 0 N–H and O–H groups in total. The first-order valence-corrected chi connectivity index (χ1v) is 10.3. The van der Waals surface area contributed by atoms with E-state index >= 15 is 0 Å². The minimum atomic E-state index is -0.190. The highest BCUT2D eigenvalue weighted by molar-refractivity contribution is 5.67.